The van der Waals surface area contributed by atoms with E-state index in [0.29, 0.717) is 25.2 Å². The number of carbonyl (C=O) groups excluding carboxylic acids is 3. The number of halogens is 2. The molecule has 2 aromatic heterocycles. The summed E-state index contributed by atoms with van der Waals surface area (Å²) in [5, 5.41) is 15.0. The van der Waals surface area contributed by atoms with Crippen molar-refractivity contribution in [3.05, 3.63) is 56.3 Å². The Hall–Kier alpha value is -3.77. The van der Waals surface area contributed by atoms with Crippen molar-refractivity contribution in [2.45, 2.75) is 13.1 Å². The van der Waals surface area contributed by atoms with E-state index in [0.717, 1.165) is 10.7 Å². The van der Waals surface area contributed by atoms with Crippen molar-refractivity contribution in [1.29, 1.82) is 0 Å². The Labute approximate surface area is 215 Å². The molecular formula is C24H24ClFN6O5. The molecule has 11 nitrogen and oxygen atoms in total. The average Bonchev–Trinajstić information content (AvgIpc) is 3.16. The van der Waals surface area contributed by atoms with Crippen LogP contribution in [0, 0.1) is 5.82 Å². The summed E-state index contributed by atoms with van der Waals surface area (Å²) in [6.45, 7) is 1.26. The molecule has 2 aliphatic heterocycles. The summed E-state index contributed by atoms with van der Waals surface area (Å²) in [6.07, 6.45) is 0. The molecule has 0 unspecified atom stereocenters. The Morgan fingerprint density at radius 2 is 1.84 bits per heavy atom. The number of rotatable bonds is 5. The lowest BCUT2D eigenvalue weighted by atomic mass is 10.1. The summed E-state index contributed by atoms with van der Waals surface area (Å²) in [5.74, 6) is -2.23. The van der Waals surface area contributed by atoms with Crippen LogP contribution in [0.15, 0.2) is 23.0 Å². The topological polar surface area (TPSA) is 121 Å². The summed E-state index contributed by atoms with van der Waals surface area (Å²) in [4.78, 5) is 56.7. The molecule has 2 amide bonds. The van der Waals surface area contributed by atoms with Crippen LogP contribution < -0.4 is 5.56 Å². The van der Waals surface area contributed by atoms with Crippen LogP contribution in [-0.2, 0) is 17.9 Å². The first-order chi connectivity index (χ1) is 17.6. The van der Waals surface area contributed by atoms with Crippen LogP contribution in [0.25, 0.3) is 10.9 Å². The van der Waals surface area contributed by atoms with Gasteiger partial charge < -0.3 is 19.5 Å². The number of hydrogen-bond acceptors (Lipinski definition) is 7. The molecule has 0 bridgehead atoms. The number of Topliss-reactive ketones (excluding diaryl/α,β-unsaturated/α-hetero) is 1. The van der Waals surface area contributed by atoms with E-state index >= 15 is 0 Å². The highest BCUT2D eigenvalue weighted by molar-refractivity contribution is 6.30. The lowest BCUT2D eigenvalue weighted by Crippen LogP contribution is -2.50. The Morgan fingerprint density at radius 1 is 1.11 bits per heavy atom. The molecule has 1 N–H and O–H groups in total. The molecule has 0 saturated carbocycles. The number of aromatic nitrogens is 3. The number of benzene rings is 1. The van der Waals surface area contributed by atoms with E-state index in [1.807, 2.05) is 0 Å². The van der Waals surface area contributed by atoms with Crippen molar-refractivity contribution in [2.24, 2.45) is 0 Å². The number of fused-ring (bicyclic) bond motifs is 3. The molecule has 0 atom stereocenters. The van der Waals surface area contributed by atoms with Gasteiger partial charge in [-0.15, -0.1) is 0 Å². The van der Waals surface area contributed by atoms with Crippen LogP contribution >= 0.6 is 11.6 Å². The summed E-state index contributed by atoms with van der Waals surface area (Å²) in [5.41, 5.74) is -0.376. The molecule has 0 spiro atoms. The fraction of sp³-hybridized carbons (Fsp3) is 0.375. The second-order valence-corrected chi connectivity index (χ2v) is 9.72. The summed E-state index contributed by atoms with van der Waals surface area (Å²) in [7, 11) is 3.27. The van der Waals surface area contributed by atoms with Crippen LogP contribution in [0.4, 0.5) is 4.39 Å². The molecule has 0 radical (unpaired) electrons. The van der Waals surface area contributed by atoms with Gasteiger partial charge in [-0.2, -0.15) is 5.10 Å². The van der Waals surface area contributed by atoms with Gasteiger partial charge in [-0.1, -0.05) is 17.7 Å². The van der Waals surface area contributed by atoms with Gasteiger partial charge in [0.1, 0.15) is 11.2 Å². The number of aromatic hydroxyl groups is 1. The summed E-state index contributed by atoms with van der Waals surface area (Å²) >= 11 is 5.89. The number of likely N-dealkylation sites (N-methyl/N-ethyl adjacent to an activating group) is 2. The maximum absolute atomic E-state index is 13.7. The maximum atomic E-state index is 13.7. The van der Waals surface area contributed by atoms with Crippen molar-refractivity contribution in [3.8, 4) is 5.75 Å². The fourth-order valence-electron chi connectivity index (χ4n) is 4.70. The number of hydrogen-bond donors (Lipinski definition) is 1. The maximum Gasteiger partial charge on any atom is 0.280 e. The minimum Gasteiger partial charge on any atom is -0.505 e. The quantitative estimate of drug-likeness (QED) is 0.484. The van der Waals surface area contributed by atoms with Crippen molar-refractivity contribution in [1.82, 2.24) is 29.0 Å². The first kappa shape index (κ1) is 24.9. The second-order valence-electron chi connectivity index (χ2n) is 9.31. The monoisotopic (exact) mass is 530 g/mol. The fourth-order valence-corrected chi connectivity index (χ4v) is 4.90. The van der Waals surface area contributed by atoms with Crippen LogP contribution in [0.3, 0.4) is 0 Å². The minimum absolute atomic E-state index is 0.0554. The molecule has 3 aromatic rings. The largest absolute Gasteiger partial charge is 0.505 e. The molecule has 5 rings (SSSR count). The molecular weight excluding hydrogens is 507 g/mol. The van der Waals surface area contributed by atoms with Gasteiger partial charge in [-0.3, -0.25) is 24.1 Å². The number of nitrogens with zero attached hydrogens (tertiary/aromatic N) is 6. The van der Waals surface area contributed by atoms with Crippen molar-refractivity contribution >= 4 is 40.1 Å². The third-order valence-corrected chi connectivity index (χ3v) is 7.11. The molecule has 13 heteroatoms. The van der Waals surface area contributed by atoms with Gasteiger partial charge in [0.05, 0.1) is 30.2 Å². The van der Waals surface area contributed by atoms with E-state index < -0.39 is 28.8 Å². The number of piperazine rings is 1. The van der Waals surface area contributed by atoms with E-state index in [-0.39, 0.29) is 59.4 Å². The summed E-state index contributed by atoms with van der Waals surface area (Å²) in [6, 6.07) is 3.93. The van der Waals surface area contributed by atoms with Gasteiger partial charge in [0.2, 0.25) is 5.91 Å². The smallest absolute Gasteiger partial charge is 0.280 e. The van der Waals surface area contributed by atoms with E-state index in [9.17, 15) is 28.7 Å². The first-order valence-electron chi connectivity index (χ1n) is 11.6. The van der Waals surface area contributed by atoms with Crippen LogP contribution in [0.1, 0.15) is 26.5 Å². The summed E-state index contributed by atoms with van der Waals surface area (Å²) < 4.78 is 16.1. The zero-order valence-corrected chi connectivity index (χ0v) is 21.0. The number of amides is 2. The van der Waals surface area contributed by atoms with Gasteiger partial charge in [0, 0.05) is 40.3 Å². The van der Waals surface area contributed by atoms with Crippen molar-refractivity contribution in [2.75, 3.05) is 46.8 Å². The second kappa shape index (κ2) is 9.27. The molecule has 1 fully saturated rings. The van der Waals surface area contributed by atoms with Gasteiger partial charge >= 0.3 is 0 Å². The lowest BCUT2D eigenvalue weighted by Gasteiger charge is -2.31. The standard InChI is InChI=1S/C24H24ClFN6O5/c1-28-5-7-30(12-17(28)34)11-16(33)19-20-18(22(35)21-24(37)29(2)6-8-31(20)21)23(36)32(27-19)10-13-3-4-15(26)14(25)9-13/h3-4,9,35H,5-8,10-12H2,1-2H3. The van der Waals surface area contributed by atoms with Crippen LogP contribution in [0.2, 0.25) is 5.02 Å². The predicted molar refractivity (Wildman–Crippen MR) is 132 cm³/mol. The third kappa shape index (κ3) is 4.25. The van der Waals surface area contributed by atoms with Gasteiger partial charge in [0.25, 0.3) is 11.5 Å². The van der Waals surface area contributed by atoms with E-state index in [1.54, 1.807) is 23.9 Å². The molecule has 37 heavy (non-hydrogen) atoms. The van der Waals surface area contributed by atoms with Crippen LogP contribution in [0.5, 0.6) is 5.75 Å². The highest BCUT2D eigenvalue weighted by Crippen LogP contribution is 2.34. The zero-order chi connectivity index (χ0) is 26.6. The zero-order valence-electron chi connectivity index (χ0n) is 20.2. The van der Waals surface area contributed by atoms with Gasteiger partial charge in [0.15, 0.2) is 22.9 Å². The normalized spacial score (nSPS) is 16.5. The Bertz CT molecular complexity index is 1530. The van der Waals surface area contributed by atoms with Gasteiger partial charge in [-0.05, 0) is 17.7 Å². The highest BCUT2D eigenvalue weighted by Gasteiger charge is 2.34. The Kier molecular flexibility index (Phi) is 6.24. The van der Waals surface area contributed by atoms with Crippen LogP contribution in [-0.4, -0.2) is 98.6 Å². The Morgan fingerprint density at radius 3 is 2.54 bits per heavy atom. The number of ketones is 1. The van der Waals surface area contributed by atoms with Crippen molar-refractivity contribution < 1.29 is 23.9 Å². The molecule has 1 saturated heterocycles. The number of carbonyl (C=O) groups is 3. The molecule has 194 valence electrons. The van der Waals surface area contributed by atoms with E-state index in [1.165, 1.54) is 21.6 Å². The SMILES string of the molecule is CN1CCN(CC(=O)c2nn(Cc3ccc(F)c(Cl)c3)c(=O)c3c(O)c4n(c23)CCN(C)C4=O)CC1=O. The molecule has 1 aromatic carbocycles. The lowest BCUT2D eigenvalue weighted by molar-refractivity contribution is -0.134. The molecule has 4 heterocycles. The molecule has 0 aliphatic carbocycles. The first-order valence-corrected chi connectivity index (χ1v) is 12.0. The minimum atomic E-state index is -0.711. The van der Waals surface area contributed by atoms with E-state index in [4.69, 9.17) is 11.6 Å². The average molecular weight is 531 g/mol. The molecule has 2 aliphatic rings. The van der Waals surface area contributed by atoms with E-state index in [2.05, 4.69) is 5.10 Å². The predicted octanol–water partition coefficient (Wildman–Crippen LogP) is 0.787. The van der Waals surface area contributed by atoms with Gasteiger partial charge in [-0.25, -0.2) is 9.07 Å². The highest BCUT2D eigenvalue weighted by atomic mass is 35.5. The Balaban J connectivity index is 1.65. The van der Waals surface area contributed by atoms with Crippen molar-refractivity contribution in [3.63, 3.8) is 0 Å². The third-order valence-electron chi connectivity index (χ3n) is 6.82.